The Hall–Kier alpha value is -3.28. The molecule has 0 amide bonds. The molecule has 5 nitrogen and oxygen atoms in total. The zero-order chi connectivity index (χ0) is 17.6. The van der Waals surface area contributed by atoms with Gasteiger partial charge < -0.3 is 5.11 Å². The van der Waals surface area contributed by atoms with Gasteiger partial charge in [0.2, 0.25) is 0 Å². The number of hydrogen-bond acceptors (Lipinski definition) is 3. The normalized spacial score (nSPS) is 14.8. The van der Waals surface area contributed by atoms with E-state index in [4.69, 9.17) is 5.11 Å². The zero-order valence-electron chi connectivity index (χ0n) is 13.1. The zero-order valence-corrected chi connectivity index (χ0v) is 13.1. The molecule has 0 radical (unpaired) electrons. The average molecular weight is 336 g/mol. The second-order valence-electron chi connectivity index (χ2n) is 5.90. The van der Waals surface area contributed by atoms with Crippen LogP contribution >= 0.6 is 0 Å². The second kappa shape index (κ2) is 5.66. The molecule has 4 rings (SSSR count). The van der Waals surface area contributed by atoms with E-state index in [2.05, 4.69) is 4.98 Å². The first kappa shape index (κ1) is 15.3. The van der Waals surface area contributed by atoms with Gasteiger partial charge in [-0.1, -0.05) is 12.1 Å². The predicted octanol–water partition coefficient (Wildman–Crippen LogP) is 3.18. The Balaban J connectivity index is 1.90. The SMILES string of the molecule is O=C(O)c1ccc2c(=O)n3c(nc2c1)C(=Cc1cccc(F)c1)CC3. The second-order valence-corrected chi connectivity index (χ2v) is 5.90. The topological polar surface area (TPSA) is 72.2 Å². The number of aromatic carboxylic acids is 1. The van der Waals surface area contributed by atoms with Gasteiger partial charge in [0.25, 0.3) is 5.56 Å². The Morgan fingerprint density at radius 3 is 2.84 bits per heavy atom. The molecule has 0 saturated carbocycles. The minimum atomic E-state index is -1.07. The molecule has 0 aliphatic carbocycles. The summed E-state index contributed by atoms with van der Waals surface area (Å²) in [6.45, 7) is 0.499. The van der Waals surface area contributed by atoms with Crippen LogP contribution in [-0.2, 0) is 6.54 Å². The number of benzene rings is 2. The van der Waals surface area contributed by atoms with Gasteiger partial charge in [-0.15, -0.1) is 0 Å². The number of hydrogen-bond donors (Lipinski definition) is 1. The van der Waals surface area contributed by atoms with E-state index < -0.39 is 5.97 Å². The molecular weight excluding hydrogens is 323 g/mol. The molecule has 0 spiro atoms. The highest BCUT2D eigenvalue weighted by atomic mass is 19.1. The number of carboxylic acid groups (broad SMARTS) is 1. The summed E-state index contributed by atoms with van der Waals surface area (Å²) < 4.78 is 15.0. The molecule has 1 N–H and O–H groups in total. The van der Waals surface area contributed by atoms with E-state index in [-0.39, 0.29) is 16.9 Å². The van der Waals surface area contributed by atoms with Gasteiger partial charge in [-0.3, -0.25) is 9.36 Å². The minimum Gasteiger partial charge on any atom is -0.478 e. The van der Waals surface area contributed by atoms with E-state index in [1.54, 1.807) is 22.8 Å². The van der Waals surface area contributed by atoms with Gasteiger partial charge in [-0.05, 0) is 54.0 Å². The highest BCUT2D eigenvalue weighted by Crippen LogP contribution is 2.27. The van der Waals surface area contributed by atoms with Crippen LogP contribution in [0.1, 0.15) is 28.2 Å². The maximum atomic E-state index is 13.4. The predicted molar refractivity (Wildman–Crippen MR) is 91.9 cm³/mol. The Morgan fingerprint density at radius 2 is 2.08 bits per heavy atom. The van der Waals surface area contributed by atoms with Crippen LogP contribution in [0.4, 0.5) is 4.39 Å². The average Bonchev–Trinajstić information content (AvgIpc) is 2.97. The molecule has 25 heavy (non-hydrogen) atoms. The fraction of sp³-hybridized carbons (Fsp3) is 0.105. The molecule has 2 heterocycles. The molecule has 3 aromatic rings. The summed E-state index contributed by atoms with van der Waals surface area (Å²) in [7, 11) is 0. The highest BCUT2D eigenvalue weighted by molar-refractivity contribution is 5.93. The van der Waals surface area contributed by atoms with E-state index in [1.807, 2.05) is 0 Å². The van der Waals surface area contributed by atoms with Crippen LogP contribution in [0.15, 0.2) is 47.3 Å². The van der Waals surface area contributed by atoms with E-state index in [0.717, 1.165) is 5.57 Å². The molecule has 1 aliphatic rings. The summed E-state index contributed by atoms with van der Waals surface area (Å²) in [5.74, 6) is -0.897. The van der Waals surface area contributed by atoms with E-state index in [1.165, 1.54) is 30.3 Å². The van der Waals surface area contributed by atoms with E-state index >= 15 is 0 Å². The van der Waals surface area contributed by atoms with Gasteiger partial charge in [-0.2, -0.15) is 0 Å². The monoisotopic (exact) mass is 336 g/mol. The smallest absolute Gasteiger partial charge is 0.335 e. The molecule has 0 atom stereocenters. The first-order valence-electron chi connectivity index (χ1n) is 7.77. The Bertz CT molecular complexity index is 1120. The largest absolute Gasteiger partial charge is 0.478 e. The minimum absolute atomic E-state index is 0.0815. The fourth-order valence-electron chi connectivity index (χ4n) is 3.08. The van der Waals surface area contributed by atoms with Crippen molar-refractivity contribution in [2.75, 3.05) is 0 Å². The number of allylic oxidation sites excluding steroid dienone is 1. The van der Waals surface area contributed by atoms with E-state index in [9.17, 15) is 14.0 Å². The number of fused-ring (bicyclic) bond motifs is 2. The Morgan fingerprint density at radius 1 is 1.24 bits per heavy atom. The quantitative estimate of drug-likeness (QED) is 0.780. The van der Waals surface area contributed by atoms with Crippen molar-refractivity contribution in [2.45, 2.75) is 13.0 Å². The van der Waals surface area contributed by atoms with Crippen molar-refractivity contribution < 1.29 is 14.3 Å². The number of nitrogens with zero attached hydrogens (tertiary/aromatic N) is 2. The summed E-state index contributed by atoms with van der Waals surface area (Å²) in [5, 5.41) is 9.51. The summed E-state index contributed by atoms with van der Waals surface area (Å²) in [4.78, 5) is 28.3. The molecule has 1 aromatic heterocycles. The van der Waals surface area contributed by atoms with Gasteiger partial charge in [0.05, 0.1) is 16.5 Å². The molecule has 0 saturated heterocycles. The van der Waals surface area contributed by atoms with Crippen molar-refractivity contribution >= 4 is 28.5 Å². The first-order valence-corrected chi connectivity index (χ1v) is 7.77. The fourth-order valence-corrected chi connectivity index (χ4v) is 3.08. The van der Waals surface area contributed by atoms with Crippen molar-refractivity contribution in [2.24, 2.45) is 0 Å². The maximum absolute atomic E-state index is 13.4. The molecule has 124 valence electrons. The Labute approximate surface area is 141 Å². The number of carboxylic acids is 1. The van der Waals surface area contributed by atoms with Crippen molar-refractivity contribution in [1.82, 2.24) is 9.55 Å². The van der Waals surface area contributed by atoms with Gasteiger partial charge in [0, 0.05) is 6.54 Å². The summed E-state index contributed by atoms with van der Waals surface area (Å²) >= 11 is 0. The van der Waals surface area contributed by atoms with Crippen LogP contribution in [0.3, 0.4) is 0 Å². The van der Waals surface area contributed by atoms with Gasteiger partial charge in [0.1, 0.15) is 11.6 Å². The lowest BCUT2D eigenvalue weighted by atomic mass is 10.1. The van der Waals surface area contributed by atoms with Crippen LogP contribution in [-0.4, -0.2) is 20.6 Å². The molecule has 1 aliphatic heterocycles. The van der Waals surface area contributed by atoms with Gasteiger partial charge in [-0.25, -0.2) is 14.2 Å². The molecule has 2 aromatic carbocycles. The Kier molecular flexibility index (Phi) is 3.46. The van der Waals surface area contributed by atoms with Crippen molar-refractivity contribution in [3.05, 3.63) is 75.6 Å². The van der Waals surface area contributed by atoms with Crippen LogP contribution in [0.2, 0.25) is 0 Å². The van der Waals surface area contributed by atoms with E-state index in [0.29, 0.717) is 35.3 Å². The lowest BCUT2D eigenvalue weighted by Gasteiger charge is -2.06. The third-order valence-corrected chi connectivity index (χ3v) is 4.28. The standard InChI is InChI=1S/C19H13FN2O3/c20-14-3-1-2-11(9-14)8-12-6-7-22-17(12)21-16-10-13(19(24)25)4-5-15(16)18(22)23/h1-5,8-10H,6-7H2,(H,24,25). The number of halogens is 1. The highest BCUT2D eigenvalue weighted by Gasteiger charge is 2.21. The van der Waals surface area contributed by atoms with Crippen LogP contribution in [0, 0.1) is 5.82 Å². The molecule has 0 fully saturated rings. The number of aromatic nitrogens is 2. The summed E-state index contributed by atoms with van der Waals surface area (Å²) in [5.41, 5.74) is 1.75. The molecule has 0 unspecified atom stereocenters. The maximum Gasteiger partial charge on any atom is 0.335 e. The number of carbonyl (C=O) groups is 1. The lowest BCUT2D eigenvalue weighted by molar-refractivity contribution is 0.0697. The van der Waals surface area contributed by atoms with Gasteiger partial charge in [0.15, 0.2) is 0 Å². The molecular formula is C19H13FN2O3. The van der Waals surface area contributed by atoms with Crippen LogP contribution in [0.5, 0.6) is 0 Å². The molecule has 0 bridgehead atoms. The van der Waals surface area contributed by atoms with Crippen LogP contribution in [0.25, 0.3) is 22.6 Å². The lowest BCUT2D eigenvalue weighted by Crippen LogP contribution is -2.21. The van der Waals surface area contributed by atoms with Crippen LogP contribution < -0.4 is 5.56 Å². The molecule has 6 heteroatoms. The first-order chi connectivity index (χ1) is 12.0. The third-order valence-electron chi connectivity index (χ3n) is 4.28. The van der Waals surface area contributed by atoms with Crippen molar-refractivity contribution in [3.63, 3.8) is 0 Å². The van der Waals surface area contributed by atoms with Crippen molar-refractivity contribution in [3.8, 4) is 0 Å². The summed E-state index contributed by atoms with van der Waals surface area (Å²) in [6, 6.07) is 10.5. The van der Waals surface area contributed by atoms with Crippen molar-refractivity contribution in [1.29, 1.82) is 0 Å². The number of rotatable bonds is 2. The van der Waals surface area contributed by atoms with Gasteiger partial charge >= 0.3 is 5.97 Å². The third kappa shape index (κ3) is 2.61. The summed E-state index contributed by atoms with van der Waals surface area (Å²) in [6.07, 6.45) is 2.42.